The molecule has 8 aliphatic carbocycles. The Morgan fingerprint density at radius 2 is 1.47 bits per heavy atom. The number of ether oxygens (including phenoxy) is 2. The van der Waals surface area contributed by atoms with Gasteiger partial charge in [0.05, 0.1) is 18.3 Å². The van der Waals surface area contributed by atoms with E-state index in [2.05, 4.69) is 13.5 Å². The summed E-state index contributed by atoms with van der Waals surface area (Å²) in [6.07, 6.45) is 11.1. The summed E-state index contributed by atoms with van der Waals surface area (Å²) in [5.74, 6) is -2.90. The third kappa shape index (κ3) is 5.02. The summed E-state index contributed by atoms with van der Waals surface area (Å²) >= 11 is 0. The monoisotopic (exact) mass is 806 g/mol. The van der Waals surface area contributed by atoms with Gasteiger partial charge in [0.15, 0.2) is 45.8 Å². The van der Waals surface area contributed by atoms with E-state index in [1.54, 1.807) is 45.9 Å². The number of carbonyl (C=O) groups is 4. The van der Waals surface area contributed by atoms with Crippen LogP contribution in [0.5, 0.6) is 0 Å². The van der Waals surface area contributed by atoms with Crippen molar-refractivity contribution in [2.45, 2.75) is 134 Å². The SMILES string of the molecule is C=C1C[C@H]2[C@@H]3CCC4=CC(=O)C=C[C@]4(C)[C@@]3(F)[C@@H](O)C[C@]2(C)[C@@]1(O)C(=O)CO.CC1(C)O[C@@H]2C[C@H]3[C@@H]4CCC5=CC(=O)C=C[C@]5(C)[C@H]4[C@@H](O)C[C@]3(C)[C@]2(C(=O)CO)O1. The van der Waals surface area contributed by atoms with Crippen molar-refractivity contribution in [3.05, 3.63) is 59.8 Å². The van der Waals surface area contributed by atoms with Crippen molar-refractivity contribution in [1.82, 2.24) is 0 Å². The van der Waals surface area contributed by atoms with Crippen LogP contribution < -0.4 is 0 Å². The molecule has 0 amide bonds. The number of halogens is 1. The van der Waals surface area contributed by atoms with Gasteiger partial charge in [0.1, 0.15) is 13.2 Å². The number of hydrogen-bond acceptors (Lipinski definition) is 11. The molecule has 0 aromatic carbocycles. The Labute approximate surface area is 339 Å². The molecule has 7 fully saturated rings. The summed E-state index contributed by atoms with van der Waals surface area (Å²) in [6, 6.07) is 0. The number of ketones is 4. The first-order valence-corrected chi connectivity index (χ1v) is 21.0. The molecule has 6 saturated carbocycles. The van der Waals surface area contributed by atoms with Crippen LogP contribution in [0, 0.1) is 51.2 Å². The molecule has 58 heavy (non-hydrogen) atoms. The summed E-state index contributed by atoms with van der Waals surface area (Å²) in [5.41, 5.74) is -6.40. The number of carbonyl (C=O) groups excluding carboxylic acids is 4. The Hall–Kier alpha value is -2.97. The van der Waals surface area contributed by atoms with Crippen LogP contribution in [0.3, 0.4) is 0 Å². The van der Waals surface area contributed by atoms with Crippen LogP contribution in [0.2, 0.25) is 0 Å². The van der Waals surface area contributed by atoms with Crippen molar-refractivity contribution < 1.29 is 58.6 Å². The Bertz CT molecular complexity index is 2000. The molecule has 9 aliphatic rings. The van der Waals surface area contributed by atoms with E-state index in [9.17, 15) is 44.7 Å². The van der Waals surface area contributed by atoms with E-state index < -0.39 is 88.0 Å². The van der Waals surface area contributed by atoms with Gasteiger partial charge >= 0.3 is 0 Å². The highest BCUT2D eigenvalue weighted by molar-refractivity contribution is 6.02. The van der Waals surface area contributed by atoms with Crippen LogP contribution in [0.15, 0.2) is 59.8 Å². The van der Waals surface area contributed by atoms with Gasteiger partial charge in [-0.1, -0.05) is 50.6 Å². The molecule has 5 N–H and O–H groups in total. The van der Waals surface area contributed by atoms with Crippen LogP contribution in [-0.4, -0.2) is 103 Å². The van der Waals surface area contributed by atoms with Gasteiger partial charge < -0.3 is 35.0 Å². The summed E-state index contributed by atoms with van der Waals surface area (Å²) in [7, 11) is 0. The molecule has 1 saturated heterocycles. The van der Waals surface area contributed by atoms with E-state index in [0.717, 1.165) is 18.4 Å². The van der Waals surface area contributed by atoms with Crippen molar-refractivity contribution in [1.29, 1.82) is 0 Å². The third-order valence-corrected chi connectivity index (χ3v) is 17.4. The Kier molecular flexibility index (Phi) is 9.37. The zero-order valence-corrected chi connectivity index (χ0v) is 34.4. The number of fused-ring (bicyclic) bond motifs is 12. The maximum atomic E-state index is 16.8. The molecule has 12 heteroatoms. The second kappa shape index (κ2) is 13.0. The minimum atomic E-state index is -2.02. The van der Waals surface area contributed by atoms with Crippen molar-refractivity contribution in [3.8, 4) is 0 Å². The van der Waals surface area contributed by atoms with Crippen LogP contribution in [0.25, 0.3) is 0 Å². The molecule has 0 bridgehead atoms. The van der Waals surface area contributed by atoms with E-state index in [0.29, 0.717) is 31.3 Å². The fraction of sp³-hybridized carbons (Fsp3) is 0.696. The van der Waals surface area contributed by atoms with Gasteiger partial charge in [-0.3, -0.25) is 19.2 Å². The van der Waals surface area contributed by atoms with Gasteiger partial charge in [-0.15, -0.1) is 0 Å². The molecular weight excluding hydrogens is 747 g/mol. The molecule has 316 valence electrons. The third-order valence-electron chi connectivity index (χ3n) is 17.4. The van der Waals surface area contributed by atoms with E-state index in [1.165, 1.54) is 12.2 Å². The standard InChI is InChI=1S/C24H32O6.C22H27FO5/c1-21(2)29-19-10-16-15-6-5-13-9-14(26)7-8-22(13,3)20(15)17(27)11-23(16,4)24(19,30-21)18(28)12-25;1-12-8-16-15-5-4-13-9-14(25)6-7-19(13,2)21(15,23)17(26)10-20(16,3)22(12,28)18(27)11-24/h7-9,15-17,19-20,25,27H,5-6,10-12H2,1-4H3;6-7,9,15-17,24,26,28H,1,4-5,8,10-11H2,2-3H3/t15-,16-,17-,19+,20+,22-,23-,24+;15-,16-,17-,19-,20-,21-,22-/m00/s1. The van der Waals surface area contributed by atoms with Crippen LogP contribution in [0.1, 0.15) is 92.9 Å². The molecule has 0 unspecified atom stereocenters. The molecule has 1 heterocycles. The number of alkyl halides is 1. The average Bonchev–Trinajstić information content (AvgIpc) is 3.66. The maximum Gasteiger partial charge on any atom is 0.194 e. The molecule has 15 atom stereocenters. The maximum absolute atomic E-state index is 16.8. The van der Waals surface area contributed by atoms with E-state index in [-0.39, 0.29) is 58.9 Å². The lowest BCUT2D eigenvalue weighted by Crippen LogP contribution is -2.69. The Balaban J connectivity index is 0.000000162. The number of Topliss-reactive ketones (excluding diaryl/α,β-unsaturated/α-hetero) is 2. The van der Waals surface area contributed by atoms with Crippen molar-refractivity contribution >= 4 is 23.1 Å². The van der Waals surface area contributed by atoms with Crippen molar-refractivity contribution in [2.75, 3.05) is 13.2 Å². The Morgan fingerprint density at radius 3 is 2.12 bits per heavy atom. The molecule has 0 aromatic rings. The largest absolute Gasteiger partial charge is 0.393 e. The highest BCUT2D eigenvalue weighted by Gasteiger charge is 2.77. The van der Waals surface area contributed by atoms with E-state index >= 15 is 4.39 Å². The lowest BCUT2D eigenvalue weighted by molar-refractivity contribution is -0.225. The van der Waals surface area contributed by atoms with Crippen LogP contribution in [-0.2, 0) is 28.7 Å². The predicted octanol–water partition coefficient (Wildman–Crippen LogP) is 4.14. The summed E-state index contributed by atoms with van der Waals surface area (Å²) < 4.78 is 29.4. The van der Waals surface area contributed by atoms with Crippen LogP contribution in [0.4, 0.5) is 4.39 Å². The quantitative estimate of drug-likeness (QED) is 0.257. The molecule has 0 spiro atoms. The number of aliphatic hydroxyl groups is 5. The first kappa shape index (κ1) is 41.8. The van der Waals surface area contributed by atoms with E-state index in [1.807, 2.05) is 13.0 Å². The number of rotatable bonds is 4. The molecule has 0 aromatic heterocycles. The van der Waals surface area contributed by atoms with E-state index in [4.69, 9.17) is 9.47 Å². The van der Waals surface area contributed by atoms with Crippen molar-refractivity contribution in [2.24, 2.45) is 51.2 Å². The zero-order valence-electron chi connectivity index (χ0n) is 34.4. The average molecular weight is 807 g/mol. The van der Waals surface area contributed by atoms with Gasteiger partial charge in [-0.05, 0) is 120 Å². The lowest BCUT2D eigenvalue weighted by atomic mass is 9.44. The molecule has 11 nitrogen and oxygen atoms in total. The van der Waals surface area contributed by atoms with Gasteiger partial charge in [0, 0.05) is 33.5 Å². The van der Waals surface area contributed by atoms with Crippen LogP contribution >= 0.6 is 0 Å². The predicted molar refractivity (Wildman–Crippen MR) is 208 cm³/mol. The first-order chi connectivity index (χ1) is 26.9. The Morgan fingerprint density at radius 1 is 0.845 bits per heavy atom. The van der Waals surface area contributed by atoms with Gasteiger partial charge in [-0.25, -0.2) is 4.39 Å². The fourth-order valence-corrected chi connectivity index (χ4v) is 14.8. The summed E-state index contributed by atoms with van der Waals surface area (Å²) in [4.78, 5) is 49.4. The second-order valence-electron chi connectivity index (χ2n) is 20.2. The second-order valence-corrected chi connectivity index (χ2v) is 20.2. The van der Waals surface area contributed by atoms with Gasteiger partial charge in [-0.2, -0.15) is 0 Å². The molecule has 1 aliphatic heterocycles. The minimum absolute atomic E-state index is 0.0167. The highest BCUT2D eigenvalue weighted by Crippen LogP contribution is 2.72. The summed E-state index contributed by atoms with van der Waals surface area (Å²) in [6.45, 7) is 13.6. The molecular formula is C46H59FO11. The molecule has 0 radical (unpaired) electrons. The smallest absolute Gasteiger partial charge is 0.194 e. The first-order valence-electron chi connectivity index (χ1n) is 21.0. The fourth-order valence-electron chi connectivity index (χ4n) is 14.8. The minimum Gasteiger partial charge on any atom is -0.393 e. The molecule has 9 rings (SSSR count). The number of aliphatic hydroxyl groups excluding tert-OH is 4. The number of hydrogen-bond donors (Lipinski definition) is 5. The highest BCUT2D eigenvalue weighted by atomic mass is 19.1. The van der Waals surface area contributed by atoms with Gasteiger partial charge in [0.25, 0.3) is 0 Å². The van der Waals surface area contributed by atoms with Crippen molar-refractivity contribution in [3.63, 3.8) is 0 Å². The number of allylic oxidation sites excluding steroid dienone is 8. The lowest BCUT2D eigenvalue weighted by Gasteiger charge is -2.62. The summed E-state index contributed by atoms with van der Waals surface area (Å²) in [5, 5.41) is 53.1. The normalized spacial score (nSPS) is 50.4. The van der Waals surface area contributed by atoms with Gasteiger partial charge in [0.2, 0.25) is 0 Å². The topological polar surface area (TPSA) is 188 Å². The zero-order chi connectivity index (χ0) is 42.4.